The zero-order valence-corrected chi connectivity index (χ0v) is 10.8. The van der Waals surface area contributed by atoms with E-state index in [9.17, 15) is 9.59 Å². The second kappa shape index (κ2) is 4.33. The van der Waals surface area contributed by atoms with E-state index in [-0.39, 0.29) is 5.78 Å². The van der Waals surface area contributed by atoms with Crippen molar-refractivity contribution in [3.05, 3.63) is 0 Å². The van der Waals surface area contributed by atoms with E-state index in [2.05, 4.69) is 0 Å². The first-order valence-corrected chi connectivity index (χ1v) is 5.22. The van der Waals surface area contributed by atoms with Crippen molar-refractivity contribution in [1.82, 2.24) is 0 Å². The lowest BCUT2D eigenvalue weighted by atomic mass is 9.84. The van der Waals surface area contributed by atoms with Crippen LogP contribution in [0.3, 0.4) is 0 Å². The van der Waals surface area contributed by atoms with E-state index >= 15 is 0 Å². The second-order valence-corrected chi connectivity index (χ2v) is 5.87. The first-order chi connectivity index (χ1) is 6.45. The Labute approximate surface area is 92.2 Å². The maximum atomic E-state index is 11.8. The molecule has 3 heteroatoms. The van der Waals surface area contributed by atoms with Gasteiger partial charge in [-0.1, -0.05) is 20.8 Å². The number of hydrogen-bond acceptors (Lipinski definition) is 3. The van der Waals surface area contributed by atoms with E-state index in [1.807, 2.05) is 0 Å². The summed E-state index contributed by atoms with van der Waals surface area (Å²) in [5, 5.41) is 0. The Morgan fingerprint density at radius 1 is 1.00 bits per heavy atom. The molecule has 0 aliphatic rings. The number of rotatable bonds is 2. The van der Waals surface area contributed by atoms with Gasteiger partial charge in [0.25, 0.3) is 0 Å². The van der Waals surface area contributed by atoms with Gasteiger partial charge in [0.15, 0.2) is 5.78 Å². The van der Waals surface area contributed by atoms with Crippen LogP contribution in [0.2, 0.25) is 0 Å². The van der Waals surface area contributed by atoms with Crippen LogP contribution >= 0.6 is 0 Å². The van der Waals surface area contributed by atoms with Gasteiger partial charge in [-0.2, -0.15) is 0 Å². The number of ketones is 1. The molecule has 0 fully saturated rings. The number of Topliss-reactive ketones (excluding diaryl/α,β-unsaturated/α-hetero) is 1. The van der Waals surface area contributed by atoms with Gasteiger partial charge < -0.3 is 4.74 Å². The van der Waals surface area contributed by atoms with Crippen molar-refractivity contribution < 1.29 is 14.3 Å². The van der Waals surface area contributed by atoms with Crippen molar-refractivity contribution >= 4 is 11.8 Å². The van der Waals surface area contributed by atoms with Crippen molar-refractivity contribution in [1.29, 1.82) is 0 Å². The fourth-order valence-electron chi connectivity index (χ4n) is 1.15. The van der Waals surface area contributed by atoms with Gasteiger partial charge in [0.05, 0.1) is 0 Å². The highest BCUT2D eigenvalue weighted by atomic mass is 16.6. The van der Waals surface area contributed by atoms with Crippen molar-refractivity contribution in [2.45, 2.75) is 54.1 Å². The summed E-state index contributed by atoms with van der Waals surface area (Å²) in [7, 11) is 0. The third kappa shape index (κ3) is 4.96. The van der Waals surface area contributed by atoms with Gasteiger partial charge in [-0.3, -0.25) is 9.59 Å². The summed E-state index contributed by atoms with van der Waals surface area (Å²) >= 11 is 0. The molecular formula is C12H22O3. The molecule has 0 aliphatic heterocycles. The molecule has 0 N–H and O–H groups in total. The van der Waals surface area contributed by atoms with Gasteiger partial charge >= 0.3 is 5.97 Å². The van der Waals surface area contributed by atoms with Crippen LogP contribution < -0.4 is 0 Å². The minimum atomic E-state index is -0.691. The van der Waals surface area contributed by atoms with E-state index in [1.54, 1.807) is 48.5 Å². The molecule has 0 saturated carbocycles. The highest BCUT2D eigenvalue weighted by molar-refractivity contribution is 6.01. The summed E-state index contributed by atoms with van der Waals surface area (Å²) in [6.07, 6.45) is 0. The lowest BCUT2D eigenvalue weighted by molar-refractivity contribution is -0.162. The Bertz CT molecular complexity index is 253. The highest BCUT2D eigenvalue weighted by Crippen LogP contribution is 2.22. The summed E-state index contributed by atoms with van der Waals surface area (Å²) in [4.78, 5) is 23.4. The molecule has 0 spiro atoms. The third-order valence-corrected chi connectivity index (χ3v) is 1.89. The van der Waals surface area contributed by atoms with Crippen LogP contribution in [0.1, 0.15) is 48.5 Å². The zero-order chi connectivity index (χ0) is 12.4. The predicted molar refractivity (Wildman–Crippen MR) is 59.5 cm³/mol. The van der Waals surface area contributed by atoms with Crippen molar-refractivity contribution in [2.24, 2.45) is 11.3 Å². The molecule has 0 aromatic rings. The Morgan fingerprint density at radius 3 is 1.67 bits per heavy atom. The highest BCUT2D eigenvalue weighted by Gasteiger charge is 2.33. The fourth-order valence-corrected chi connectivity index (χ4v) is 1.15. The van der Waals surface area contributed by atoms with Gasteiger partial charge in [0, 0.05) is 5.41 Å². The van der Waals surface area contributed by atoms with Crippen molar-refractivity contribution in [3.8, 4) is 0 Å². The van der Waals surface area contributed by atoms with Gasteiger partial charge in [-0.25, -0.2) is 0 Å². The van der Waals surface area contributed by atoms with E-state index in [4.69, 9.17) is 4.74 Å². The van der Waals surface area contributed by atoms with Crippen LogP contribution in [0.15, 0.2) is 0 Å². The molecule has 15 heavy (non-hydrogen) atoms. The summed E-state index contributed by atoms with van der Waals surface area (Å²) in [5.41, 5.74) is -1.04. The van der Waals surface area contributed by atoms with Gasteiger partial charge in [-0.05, 0) is 27.7 Å². The number of ether oxygens (including phenoxy) is 1. The lowest BCUT2D eigenvalue weighted by Gasteiger charge is -2.25. The molecule has 88 valence electrons. The van der Waals surface area contributed by atoms with Crippen LogP contribution in [0.25, 0.3) is 0 Å². The number of carbonyl (C=O) groups excluding carboxylic acids is 2. The van der Waals surface area contributed by atoms with E-state index < -0.39 is 22.9 Å². The minimum absolute atomic E-state index is 0.0863. The van der Waals surface area contributed by atoms with Gasteiger partial charge in [-0.15, -0.1) is 0 Å². The average molecular weight is 214 g/mol. The van der Waals surface area contributed by atoms with Crippen LogP contribution in [0, 0.1) is 11.3 Å². The molecule has 0 saturated heterocycles. The average Bonchev–Trinajstić information content (AvgIpc) is 1.96. The smallest absolute Gasteiger partial charge is 0.316 e. The van der Waals surface area contributed by atoms with E-state index in [0.717, 1.165) is 0 Å². The molecule has 0 heterocycles. The first kappa shape index (κ1) is 14.1. The van der Waals surface area contributed by atoms with Crippen LogP contribution in [-0.2, 0) is 14.3 Å². The molecule has 1 unspecified atom stereocenters. The lowest BCUT2D eigenvalue weighted by Crippen LogP contribution is -2.36. The molecule has 1 atom stereocenters. The van der Waals surface area contributed by atoms with Gasteiger partial charge in [0.2, 0.25) is 0 Å². The molecule has 0 radical (unpaired) electrons. The summed E-state index contributed by atoms with van der Waals surface area (Å²) in [6.45, 7) is 12.4. The SMILES string of the molecule is CC(C(=O)OC(C)(C)C)C(=O)C(C)(C)C. The first-order valence-electron chi connectivity index (χ1n) is 5.22. The monoisotopic (exact) mass is 214 g/mol. The fraction of sp³-hybridized carbons (Fsp3) is 0.833. The Morgan fingerprint density at radius 2 is 1.40 bits per heavy atom. The van der Waals surface area contributed by atoms with Crippen molar-refractivity contribution in [3.63, 3.8) is 0 Å². The summed E-state index contributed by atoms with van der Waals surface area (Å²) < 4.78 is 5.16. The minimum Gasteiger partial charge on any atom is -0.459 e. The third-order valence-electron chi connectivity index (χ3n) is 1.89. The molecule has 0 aliphatic carbocycles. The number of carbonyl (C=O) groups is 2. The number of esters is 1. The molecule has 0 rings (SSSR count). The largest absolute Gasteiger partial charge is 0.459 e. The zero-order valence-electron chi connectivity index (χ0n) is 10.8. The summed E-state index contributed by atoms with van der Waals surface area (Å²) in [6, 6.07) is 0. The van der Waals surface area contributed by atoms with E-state index in [1.165, 1.54) is 0 Å². The van der Waals surface area contributed by atoms with Crippen LogP contribution in [0.4, 0.5) is 0 Å². The quantitative estimate of drug-likeness (QED) is 0.524. The van der Waals surface area contributed by atoms with Crippen LogP contribution in [-0.4, -0.2) is 17.4 Å². The molecular weight excluding hydrogens is 192 g/mol. The Hall–Kier alpha value is -0.860. The predicted octanol–water partition coefficient (Wildman–Crippen LogP) is 2.58. The van der Waals surface area contributed by atoms with Crippen molar-refractivity contribution in [2.75, 3.05) is 0 Å². The van der Waals surface area contributed by atoms with E-state index in [0.29, 0.717) is 0 Å². The maximum Gasteiger partial charge on any atom is 0.316 e. The summed E-state index contributed by atoms with van der Waals surface area (Å²) in [5.74, 6) is -1.22. The molecule has 0 aromatic heterocycles. The van der Waals surface area contributed by atoms with Gasteiger partial charge in [0.1, 0.15) is 11.5 Å². The Kier molecular flexibility index (Phi) is 4.08. The molecule has 0 bridgehead atoms. The topological polar surface area (TPSA) is 43.4 Å². The van der Waals surface area contributed by atoms with Crippen LogP contribution in [0.5, 0.6) is 0 Å². The second-order valence-electron chi connectivity index (χ2n) is 5.87. The molecule has 3 nitrogen and oxygen atoms in total. The molecule has 0 aromatic carbocycles. The standard InChI is InChI=1S/C12H22O3/c1-8(9(13)11(2,3)4)10(14)15-12(5,6)7/h8H,1-7H3. The number of hydrogen-bond donors (Lipinski definition) is 0. The Balaban J connectivity index is 4.54. The maximum absolute atomic E-state index is 11.8. The molecule has 0 amide bonds. The normalized spacial score (nSPS) is 14.6.